The molecular formula is C22H17N7OS. The van der Waals surface area contributed by atoms with Crippen LogP contribution in [0.1, 0.15) is 17.1 Å². The minimum absolute atomic E-state index is 0.551. The first-order valence-corrected chi connectivity index (χ1v) is 10.8. The average molecular weight is 427 g/mol. The molecule has 0 aliphatic carbocycles. The molecule has 5 aromatic heterocycles. The molecule has 0 spiro atoms. The van der Waals surface area contributed by atoms with Gasteiger partial charge in [-0.2, -0.15) is 0 Å². The van der Waals surface area contributed by atoms with Crippen LogP contribution >= 0.6 is 11.8 Å². The van der Waals surface area contributed by atoms with Crippen molar-refractivity contribution in [3.8, 4) is 5.82 Å². The third-order valence-corrected chi connectivity index (χ3v) is 6.18. The maximum Gasteiger partial charge on any atom is 0.257 e. The molecule has 5 heterocycles. The highest BCUT2D eigenvalue weighted by Gasteiger charge is 2.19. The number of hydrogen-bond acceptors (Lipinski definition) is 7. The molecule has 9 heteroatoms. The molecule has 0 amide bonds. The van der Waals surface area contributed by atoms with Crippen LogP contribution < -0.4 is 0 Å². The monoisotopic (exact) mass is 427 g/mol. The lowest BCUT2D eigenvalue weighted by molar-refractivity contribution is 0.489. The molecule has 0 atom stereocenters. The molecule has 0 aliphatic heterocycles. The summed E-state index contributed by atoms with van der Waals surface area (Å²) >= 11 is 1.48. The summed E-state index contributed by atoms with van der Waals surface area (Å²) in [4.78, 5) is 18.5. The summed E-state index contributed by atoms with van der Waals surface area (Å²) in [5.41, 5.74) is 5.44. The first-order valence-electron chi connectivity index (χ1n) is 9.80. The zero-order valence-corrected chi connectivity index (χ0v) is 17.7. The normalized spacial score (nSPS) is 11.8. The van der Waals surface area contributed by atoms with E-state index in [4.69, 9.17) is 9.40 Å². The lowest BCUT2D eigenvalue weighted by Gasteiger charge is -2.05. The summed E-state index contributed by atoms with van der Waals surface area (Å²) in [7, 11) is 0. The minimum Gasteiger partial charge on any atom is -0.431 e. The van der Waals surface area contributed by atoms with Crippen LogP contribution in [0.3, 0.4) is 0 Å². The van der Waals surface area contributed by atoms with Crippen LogP contribution in [0.2, 0.25) is 0 Å². The van der Waals surface area contributed by atoms with Crippen molar-refractivity contribution in [2.45, 2.75) is 24.8 Å². The van der Waals surface area contributed by atoms with Crippen molar-refractivity contribution in [2.24, 2.45) is 0 Å². The number of aryl methyl sites for hydroxylation is 1. The van der Waals surface area contributed by atoms with Crippen LogP contribution in [0.15, 0.2) is 64.6 Å². The molecule has 0 aliphatic rings. The lowest BCUT2D eigenvalue weighted by Crippen LogP contribution is -2.01. The molecule has 0 N–H and O–H groups in total. The van der Waals surface area contributed by atoms with E-state index >= 15 is 0 Å². The van der Waals surface area contributed by atoms with Crippen molar-refractivity contribution in [3.05, 3.63) is 72.1 Å². The predicted octanol–water partition coefficient (Wildman–Crippen LogP) is 4.51. The van der Waals surface area contributed by atoms with Gasteiger partial charge in [0.15, 0.2) is 22.7 Å². The van der Waals surface area contributed by atoms with Crippen molar-refractivity contribution >= 4 is 39.5 Å². The number of hydrogen-bond donors (Lipinski definition) is 0. The van der Waals surface area contributed by atoms with Crippen LogP contribution in [0.4, 0.5) is 0 Å². The van der Waals surface area contributed by atoms with Crippen LogP contribution in [-0.2, 0) is 5.75 Å². The summed E-state index contributed by atoms with van der Waals surface area (Å²) in [6.07, 6.45) is 3.49. The molecule has 6 rings (SSSR count). The third-order valence-electron chi connectivity index (χ3n) is 5.35. The van der Waals surface area contributed by atoms with E-state index in [0.29, 0.717) is 16.8 Å². The van der Waals surface area contributed by atoms with Crippen molar-refractivity contribution in [1.29, 1.82) is 0 Å². The molecule has 0 saturated carbocycles. The average Bonchev–Trinajstić information content (AvgIpc) is 3.47. The van der Waals surface area contributed by atoms with Gasteiger partial charge in [0, 0.05) is 11.9 Å². The van der Waals surface area contributed by atoms with Gasteiger partial charge < -0.3 is 4.42 Å². The first-order chi connectivity index (χ1) is 15.2. The second-order valence-corrected chi connectivity index (χ2v) is 8.14. The molecule has 0 saturated heterocycles. The molecular weight excluding hydrogens is 410 g/mol. The Morgan fingerprint density at radius 2 is 1.84 bits per heavy atom. The SMILES string of the molecule is Cc1c(C)n(-c2ccccn2)c2ncn3nc(CSc4nc5ccccc5o4)nc3c12. The van der Waals surface area contributed by atoms with Crippen molar-refractivity contribution < 1.29 is 4.42 Å². The summed E-state index contributed by atoms with van der Waals surface area (Å²) in [6.45, 7) is 4.16. The van der Waals surface area contributed by atoms with E-state index < -0.39 is 0 Å². The summed E-state index contributed by atoms with van der Waals surface area (Å²) in [5, 5.41) is 6.20. The van der Waals surface area contributed by atoms with E-state index in [1.165, 1.54) is 11.8 Å². The van der Waals surface area contributed by atoms with Gasteiger partial charge >= 0.3 is 0 Å². The second-order valence-electron chi connectivity index (χ2n) is 7.21. The molecule has 8 nitrogen and oxygen atoms in total. The van der Waals surface area contributed by atoms with Gasteiger partial charge in [-0.15, -0.1) is 5.10 Å². The van der Waals surface area contributed by atoms with Gasteiger partial charge in [0.25, 0.3) is 5.22 Å². The highest BCUT2D eigenvalue weighted by atomic mass is 32.2. The number of fused-ring (bicyclic) bond motifs is 4. The van der Waals surface area contributed by atoms with E-state index in [1.54, 1.807) is 17.0 Å². The smallest absolute Gasteiger partial charge is 0.257 e. The van der Waals surface area contributed by atoms with E-state index in [2.05, 4.69) is 38.5 Å². The van der Waals surface area contributed by atoms with Gasteiger partial charge in [0.05, 0.1) is 11.1 Å². The molecule has 152 valence electrons. The molecule has 0 fully saturated rings. The fourth-order valence-corrected chi connectivity index (χ4v) is 4.46. The van der Waals surface area contributed by atoms with E-state index in [9.17, 15) is 0 Å². The number of aromatic nitrogens is 7. The van der Waals surface area contributed by atoms with Crippen LogP contribution in [0, 0.1) is 13.8 Å². The maximum atomic E-state index is 5.79. The van der Waals surface area contributed by atoms with Gasteiger partial charge in [-0.05, 0) is 43.7 Å². The molecule has 6 aromatic rings. The van der Waals surface area contributed by atoms with Gasteiger partial charge in [-0.25, -0.2) is 24.5 Å². The summed E-state index contributed by atoms with van der Waals surface area (Å²) < 4.78 is 9.59. The Hall–Kier alpha value is -3.72. The number of para-hydroxylation sites is 2. The van der Waals surface area contributed by atoms with Crippen LogP contribution in [-0.4, -0.2) is 34.1 Å². The maximum absolute atomic E-state index is 5.79. The quantitative estimate of drug-likeness (QED) is 0.382. The number of pyridine rings is 1. The Bertz CT molecular complexity index is 1530. The predicted molar refractivity (Wildman–Crippen MR) is 118 cm³/mol. The zero-order chi connectivity index (χ0) is 20.9. The molecule has 0 bridgehead atoms. The number of thioether (sulfide) groups is 1. The van der Waals surface area contributed by atoms with Gasteiger partial charge in [-0.1, -0.05) is 30.0 Å². The first kappa shape index (κ1) is 18.1. The Morgan fingerprint density at radius 1 is 0.968 bits per heavy atom. The lowest BCUT2D eigenvalue weighted by atomic mass is 10.2. The highest BCUT2D eigenvalue weighted by molar-refractivity contribution is 7.98. The molecule has 31 heavy (non-hydrogen) atoms. The Kier molecular flexibility index (Phi) is 4.03. The standard InChI is InChI=1S/C22H17N7OS/c1-13-14(2)29(18-9-5-6-10-23-18)20-19(13)21-26-17(27-28(21)12-24-20)11-31-22-25-15-7-3-4-8-16(15)30-22/h3-10,12H,11H2,1-2H3. The fraction of sp³-hybridized carbons (Fsp3) is 0.136. The zero-order valence-electron chi connectivity index (χ0n) is 16.9. The third kappa shape index (κ3) is 2.89. The van der Waals surface area contributed by atoms with Crippen molar-refractivity contribution in [3.63, 3.8) is 0 Å². The molecule has 0 unspecified atom stereocenters. The topological polar surface area (TPSA) is 86.9 Å². The van der Waals surface area contributed by atoms with E-state index in [-0.39, 0.29) is 0 Å². The fourth-order valence-electron chi connectivity index (χ4n) is 3.77. The van der Waals surface area contributed by atoms with E-state index in [1.807, 2.05) is 42.5 Å². The van der Waals surface area contributed by atoms with Gasteiger partial charge in [0.2, 0.25) is 0 Å². The highest BCUT2D eigenvalue weighted by Crippen LogP contribution is 2.30. The van der Waals surface area contributed by atoms with Gasteiger partial charge in [0.1, 0.15) is 17.7 Å². The largest absolute Gasteiger partial charge is 0.431 e. The Labute approximate surface area is 181 Å². The Morgan fingerprint density at radius 3 is 2.68 bits per heavy atom. The minimum atomic E-state index is 0.551. The van der Waals surface area contributed by atoms with Crippen LogP contribution in [0.5, 0.6) is 0 Å². The number of nitrogens with zero attached hydrogens (tertiary/aromatic N) is 7. The Balaban J connectivity index is 1.40. The van der Waals surface area contributed by atoms with Crippen LogP contribution in [0.25, 0.3) is 33.6 Å². The van der Waals surface area contributed by atoms with Crippen molar-refractivity contribution in [1.82, 2.24) is 34.1 Å². The molecule has 1 aromatic carbocycles. The number of benzene rings is 1. The number of rotatable bonds is 4. The summed E-state index contributed by atoms with van der Waals surface area (Å²) in [6, 6.07) is 13.6. The van der Waals surface area contributed by atoms with Gasteiger partial charge in [-0.3, -0.25) is 4.57 Å². The number of oxazole rings is 1. The van der Waals surface area contributed by atoms with E-state index in [0.717, 1.165) is 44.9 Å². The summed E-state index contributed by atoms with van der Waals surface area (Å²) in [5.74, 6) is 2.08. The van der Waals surface area contributed by atoms with Crippen molar-refractivity contribution in [2.75, 3.05) is 0 Å². The second kappa shape index (κ2) is 6.92. The molecule has 0 radical (unpaired) electrons.